The zero-order valence-electron chi connectivity index (χ0n) is 9.82. The van der Waals surface area contributed by atoms with E-state index in [1.165, 1.54) is 0 Å². The zero-order valence-corrected chi connectivity index (χ0v) is 9.82. The van der Waals surface area contributed by atoms with E-state index in [9.17, 15) is 0 Å². The average Bonchev–Trinajstić information content (AvgIpc) is 3.05. The lowest BCUT2D eigenvalue weighted by Crippen LogP contribution is -2.06. The molecule has 0 N–H and O–H groups in total. The Hall–Kier alpha value is -2.54. The Kier molecular flexibility index (Phi) is 2.58. The molecule has 0 aliphatic carbocycles. The molecule has 0 bridgehead atoms. The molecule has 4 nitrogen and oxygen atoms in total. The number of rotatable bonds is 3. The Balaban J connectivity index is 1.90. The predicted molar refractivity (Wildman–Crippen MR) is 68.9 cm³/mol. The molecule has 88 valence electrons. The van der Waals surface area contributed by atoms with Crippen LogP contribution in [0.4, 0.5) is 0 Å². The lowest BCUT2D eigenvalue weighted by atomic mass is 10.2. The van der Waals surface area contributed by atoms with E-state index in [0.717, 1.165) is 24.0 Å². The predicted octanol–water partition coefficient (Wildman–Crippen LogP) is 2.41. The molecule has 2 heterocycles. The van der Waals surface area contributed by atoms with Crippen molar-refractivity contribution in [2.24, 2.45) is 0 Å². The van der Waals surface area contributed by atoms with Crippen molar-refractivity contribution in [3.8, 4) is 6.07 Å². The number of benzene rings is 1. The Morgan fingerprint density at radius 3 is 2.89 bits per heavy atom. The van der Waals surface area contributed by atoms with E-state index in [4.69, 9.17) is 5.26 Å². The van der Waals surface area contributed by atoms with Crippen LogP contribution in [-0.2, 0) is 13.1 Å². The van der Waals surface area contributed by atoms with Crippen LogP contribution in [-0.4, -0.2) is 14.3 Å². The molecule has 2 aromatic heterocycles. The maximum atomic E-state index is 8.93. The third-order valence-electron chi connectivity index (χ3n) is 3.03. The smallest absolute Gasteiger partial charge is 0.0992 e. The van der Waals surface area contributed by atoms with Gasteiger partial charge in [-0.2, -0.15) is 10.4 Å². The first-order chi connectivity index (χ1) is 8.86. The van der Waals surface area contributed by atoms with Gasteiger partial charge in [-0.3, -0.25) is 4.68 Å². The molecule has 0 aliphatic rings. The third kappa shape index (κ3) is 1.87. The van der Waals surface area contributed by atoms with Gasteiger partial charge >= 0.3 is 0 Å². The van der Waals surface area contributed by atoms with E-state index in [2.05, 4.69) is 28.0 Å². The molecule has 0 unspecified atom stereocenters. The SMILES string of the molecule is N#Cc1ccc2ccn(CCn3cccn3)c2c1. The third-order valence-corrected chi connectivity index (χ3v) is 3.03. The van der Waals surface area contributed by atoms with Crippen LogP contribution in [0.15, 0.2) is 48.9 Å². The van der Waals surface area contributed by atoms with E-state index in [-0.39, 0.29) is 0 Å². The lowest BCUT2D eigenvalue weighted by molar-refractivity contribution is 0.543. The Morgan fingerprint density at radius 2 is 2.11 bits per heavy atom. The molecule has 0 spiro atoms. The van der Waals surface area contributed by atoms with Gasteiger partial charge in [-0.25, -0.2) is 0 Å². The molecule has 1 aromatic carbocycles. The molecule has 0 amide bonds. The fraction of sp³-hybridized carbons (Fsp3) is 0.143. The molecule has 0 atom stereocenters. The molecule has 0 saturated carbocycles. The number of aryl methyl sites for hydroxylation is 2. The van der Waals surface area contributed by atoms with Gasteiger partial charge in [0.2, 0.25) is 0 Å². The van der Waals surface area contributed by atoms with Gasteiger partial charge in [0, 0.05) is 30.7 Å². The van der Waals surface area contributed by atoms with Crippen LogP contribution in [0.1, 0.15) is 5.56 Å². The van der Waals surface area contributed by atoms with Crippen molar-refractivity contribution >= 4 is 10.9 Å². The van der Waals surface area contributed by atoms with Gasteiger partial charge in [-0.05, 0) is 29.7 Å². The molecule has 3 aromatic rings. The summed E-state index contributed by atoms with van der Waals surface area (Å²) in [7, 11) is 0. The molecule has 4 heteroatoms. The fourth-order valence-electron chi connectivity index (χ4n) is 2.09. The standard InChI is InChI=1S/C14H12N4/c15-11-12-2-3-13-4-7-17(14(13)10-12)8-9-18-6-1-5-16-18/h1-7,10H,8-9H2. The summed E-state index contributed by atoms with van der Waals surface area (Å²) in [5, 5.41) is 14.3. The van der Waals surface area contributed by atoms with E-state index in [1.54, 1.807) is 6.20 Å². The average molecular weight is 236 g/mol. The van der Waals surface area contributed by atoms with E-state index >= 15 is 0 Å². The van der Waals surface area contributed by atoms with Crippen LogP contribution < -0.4 is 0 Å². The molecule has 0 radical (unpaired) electrons. The first-order valence-corrected chi connectivity index (χ1v) is 5.83. The van der Waals surface area contributed by atoms with Crippen LogP contribution in [0, 0.1) is 11.3 Å². The number of aromatic nitrogens is 3. The number of fused-ring (bicyclic) bond motifs is 1. The highest BCUT2D eigenvalue weighted by molar-refractivity contribution is 5.81. The molecule has 3 rings (SSSR count). The Bertz CT molecular complexity index is 701. The van der Waals surface area contributed by atoms with Crippen LogP contribution in [0.5, 0.6) is 0 Å². The second-order valence-electron chi connectivity index (χ2n) is 4.16. The second-order valence-corrected chi connectivity index (χ2v) is 4.16. The maximum Gasteiger partial charge on any atom is 0.0992 e. The van der Waals surface area contributed by atoms with Gasteiger partial charge in [0.15, 0.2) is 0 Å². The van der Waals surface area contributed by atoms with Crippen molar-refractivity contribution < 1.29 is 0 Å². The zero-order chi connectivity index (χ0) is 12.4. The quantitative estimate of drug-likeness (QED) is 0.701. The van der Waals surface area contributed by atoms with Crippen molar-refractivity contribution in [3.05, 3.63) is 54.5 Å². The van der Waals surface area contributed by atoms with Crippen molar-refractivity contribution in [1.29, 1.82) is 5.26 Å². The van der Waals surface area contributed by atoms with E-state index in [0.29, 0.717) is 5.56 Å². The van der Waals surface area contributed by atoms with Crippen LogP contribution in [0.25, 0.3) is 10.9 Å². The van der Waals surface area contributed by atoms with Gasteiger partial charge in [-0.1, -0.05) is 6.07 Å². The summed E-state index contributed by atoms with van der Waals surface area (Å²) in [6.45, 7) is 1.67. The molecule has 0 aliphatic heterocycles. The van der Waals surface area contributed by atoms with Gasteiger partial charge in [-0.15, -0.1) is 0 Å². The lowest BCUT2D eigenvalue weighted by Gasteiger charge is -2.05. The monoisotopic (exact) mass is 236 g/mol. The highest BCUT2D eigenvalue weighted by atomic mass is 15.3. The second kappa shape index (κ2) is 4.38. The Morgan fingerprint density at radius 1 is 1.17 bits per heavy atom. The topological polar surface area (TPSA) is 46.5 Å². The summed E-state index contributed by atoms with van der Waals surface area (Å²) < 4.78 is 4.05. The summed E-state index contributed by atoms with van der Waals surface area (Å²) in [5.41, 5.74) is 1.79. The normalized spacial score (nSPS) is 10.6. The number of hydrogen-bond donors (Lipinski definition) is 0. The van der Waals surface area contributed by atoms with Crippen LogP contribution in [0.2, 0.25) is 0 Å². The molecule has 0 saturated heterocycles. The van der Waals surface area contributed by atoms with Gasteiger partial charge in [0.25, 0.3) is 0 Å². The highest BCUT2D eigenvalue weighted by Gasteiger charge is 2.02. The van der Waals surface area contributed by atoms with Gasteiger partial charge < -0.3 is 4.57 Å². The van der Waals surface area contributed by atoms with Crippen molar-refractivity contribution in [2.75, 3.05) is 0 Å². The first kappa shape index (κ1) is 10.6. The van der Waals surface area contributed by atoms with Crippen molar-refractivity contribution in [1.82, 2.24) is 14.3 Å². The van der Waals surface area contributed by atoms with Crippen molar-refractivity contribution in [2.45, 2.75) is 13.1 Å². The van der Waals surface area contributed by atoms with E-state index < -0.39 is 0 Å². The minimum atomic E-state index is 0.696. The summed E-state index contributed by atoms with van der Waals surface area (Å²) in [4.78, 5) is 0. The number of nitrogens with zero attached hydrogens (tertiary/aromatic N) is 4. The maximum absolute atomic E-state index is 8.93. The number of hydrogen-bond acceptors (Lipinski definition) is 2. The first-order valence-electron chi connectivity index (χ1n) is 5.83. The van der Waals surface area contributed by atoms with E-state index in [1.807, 2.05) is 35.1 Å². The summed E-state index contributed by atoms with van der Waals surface area (Å²) >= 11 is 0. The molecule has 18 heavy (non-hydrogen) atoms. The molecular formula is C14H12N4. The fourth-order valence-corrected chi connectivity index (χ4v) is 2.09. The van der Waals surface area contributed by atoms with Crippen molar-refractivity contribution in [3.63, 3.8) is 0 Å². The summed E-state index contributed by atoms with van der Waals surface area (Å²) in [6, 6.07) is 11.9. The van der Waals surface area contributed by atoms with Gasteiger partial charge in [0.05, 0.1) is 18.2 Å². The van der Waals surface area contributed by atoms with Crippen LogP contribution in [0.3, 0.4) is 0 Å². The number of nitriles is 1. The largest absolute Gasteiger partial charge is 0.346 e. The van der Waals surface area contributed by atoms with Crippen LogP contribution >= 0.6 is 0 Å². The summed E-state index contributed by atoms with van der Waals surface area (Å²) in [5.74, 6) is 0. The minimum absolute atomic E-state index is 0.696. The molecular weight excluding hydrogens is 224 g/mol. The minimum Gasteiger partial charge on any atom is -0.346 e. The Labute approximate surface area is 105 Å². The summed E-state index contributed by atoms with van der Waals surface area (Å²) in [6.07, 6.45) is 5.78. The molecule has 0 fully saturated rings. The van der Waals surface area contributed by atoms with Gasteiger partial charge in [0.1, 0.15) is 0 Å². The highest BCUT2D eigenvalue weighted by Crippen LogP contribution is 2.17.